The predicted octanol–water partition coefficient (Wildman–Crippen LogP) is 3.38. The van der Waals surface area contributed by atoms with Crippen molar-refractivity contribution < 1.29 is 13.2 Å². The van der Waals surface area contributed by atoms with E-state index in [1.165, 1.54) is 11.8 Å². The standard InChI is InChI=1S/C25H31N5O3S/c1-17-16-28(34(3,32)33)13-14-29(17)18(2)19-6-8-20(9-7-19)22-5-4-12-30-23(22)15-24(27-30)26-25(31)21-10-11-21/h4-9,12,15,17-18,21H,10-11,13-14,16H2,1-3H3,(H,26,27,31)/t17-,18-/m1/s1. The molecule has 1 saturated carbocycles. The van der Waals surface area contributed by atoms with E-state index in [0.29, 0.717) is 25.5 Å². The molecule has 9 heteroatoms. The average Bonchev–Trinajstić information content (AvgIpc) is 3.58. The maximum Gasteiger partial charge on any atom is 0.228 e. The van der Waals surface area contributed by atoms with E-state index in [4.69, 9.17) is 0 Å². The number of carbonyl (C=O) groups is 1. The number of sulfonamides is 1. The van der Waals surface area contributed by atoms with Crippen molar-refractivity contribution in [1.29, 1.82) is 0 Å². The molecule has 3 heterocycles. The number of carbonyl (C=O) groups excluding carboxylic acids is 1. The van der Waals surface area contributed by atoms with E-state index in [1.54, 1.807) is 8.82 Å². The fraction of sp³-hybridized carbons (Fsp3) is 0.440. The second-order valence-electron chi connectivity index (χ2n) is 9.55. The van der Waals surface area contributed by atoms with Gasteiger partial charge in [-0.1, -0.05) is 30.3 Å². The first kappa shape index (κ1) is 23.0. The lowest BCUT2D eigenvalue weighted by Crippen LogP contribution is -2.53. The molecule has 5 rings (SSSR count). The van der Waals surface area contributed by atoms with Gasteiger partial charge in [-0.15, -0.1) is 0 Å². The van der Waals surface area contributed by atoms with Crippen LogP contribution >= 0.6 is 0 Å². The van der Waals surface area contributed by atoms with Gasteiger partial charge in [-0.25, -0.2) is 12.9 Å². The summed E-state index contributed by atoms with van der Waals surface area (Å²) in [5, 5.41) is 7.45. The van der Waals surface area contributed by atoms with Crippen LogP contribution in [0.1, 0.15) is 38.3 Å². The topological polar surface area (TPSA) is 87.0 Å². The SMILES string of the molecule is C[C@@H]1CN(S(C)(=O)=O)CCN1[C@H](C)c1ccc(-c2cccn3nc(NC(=O)C4CC4)cc23)cc1. The van der Waals surface area contributed by atoms with E-state index >= 15 is 0 Å². The van der Waals surface area contributed by atoms with Crippen LogP contribution in [0.4, 0.5) is 5.82 Å². The Morgan fingerprint density at radius 1 is 1.15 bits per heavy atom. The Balaban J connectivity index is 1.34. The first-order valence-electron chi connectivity index (χ1n) is 11.8. The van der Waals surface area contributed by atoms with Gasteiger partial charge in [0.15, 0.2) is 5.82 Å². The van der Waals surface area contributed by atoms with Crippen molar-refractivity contribution in [3.05, 3.63) is 54.2 Å². The molecule has 1 aliphatic carbocycles. The van der Waals surface area contributed by atoms with Gasteiger partial charge in [0, 0.05) is 55.5 Å². The fourth-order valence-electron chi connectivity index (χ4n) is 4.84. The number of aromatic nitrogens is 2. The molecular weight excluding hydrogens is 450 g/mol. The highest BCUT2D eigenvalue weighted by Crippen LogP contribution is 2.32. The number of hydrogen-bond acceptors (Lipinski definition) is 5. The highest BCUT2D eigenvalue weighted by molar-refractivity contribution is 7.88. The van der Waals surface area contributed by atoms with Crippen molar-refractivity contribution in [2.24, 2.45) is 5.92 Å². The van der Waals surface area contributed by atoms with Crippen molar-refractivity contribution in [2.45, 2.75) is 38.8 Å². The molecule has 2 aliphatic rings. The maximum atomic E-state index is 12.1. The smallest absolute Gasteiger partial charge is 0.228 e. The Kier molecular flexibility index (Phi) is 5.95. The van der Waals surface area contributed by atoms with Crippen molar-refractivity contribution >= 4 is 27.3 Å². The molecule has 1 saturated heterocycles. The van der Waals surface area contributed by atoms with E-state index in [0.717, 1.165) is 29.5 Å². The quantitative estimate of drug-likeness (QED) is 0.583. The van der Waals surface area contributed by atoms with Crippen LogP contribution in [0.5, 0.6) is 0 Å². The van der Waals surface area contributed by atoms with Gasteiger partial charge in [0.1, 0.15) is 0 Å². The molecule has 2 fully saturated rings. The number of nitrogens with zero attached hydrogens (tertiary/aromatic N) is 4. The number of benzene rings is 1. The van der Waals surface area contributed by atoms with E-state index in [1.807, 2.05) is 18.3 Å². The molecule has 2 atom stereocenters. The van der Waals surface area contributed by atoms with E-state index in [-0.39, 0.29) is 23.9 Å². The van der Waals surface area contributed by atoms with Crippen LogP contribution in [0.2, 0.25) is 0 Å². The third kappa shape index (κ3) is 4.60. The van der Waals surface area contributed by atoms with Gasteiger partial charge in [0.25, 0.3) is 0 Å². The van der Waals surface area contributed by atoms with Gasteiger partial charge in [-0.2, -0.15) is 9.40 Å². The first-order valence-corrected chi connectivity index (χ1v) is 13.7. The van der Waals surface area contributed by atoms with Crippen LogP contribution in [0.15, 0.2) is 48.7 Å². The largest absolute Gasteiger partial charge is 0.309 e. The summed E-state index contributed by atoms with van der Waals surface area (Å²) in [7, 11) is -3.16. The van der Waals surface area contributed by atoms with Gasteiger partial charge in [-0.05, 0) is 43.9 Å². The van der Waals surface area contributed by atoms with E-state index in [9.17, 15) is 13.2 Å². The van der Waals surface area contributed by atoms with Crippen LogP contribution in [-0.4, -0.2) is 65.1 Å². The summed E-state index contributed by atoms with van der Waals surface area (Å²) in [4.78, 5) is 14.5. The van der Waals surface area contributed by atoms with Gasteiger partial charge in [-0.3, -0.25) is 9.69 Å². The zero-order valence-electron chi connectivity index (χ0n) is 19.8. The monoisotopic (exact) mass is 481 g/mol. The summed E-state index contributed by atoms with van der Waals surface area (Å²) in [6, 6.07) is 14.8. The minimum atomic E-state index is -3.16. The molecule has 1 N–H and O–H groups in total. The minimum Gasteiger partial charge on any atom is -0.309 e. The normalized spacial score (nSPS) is 21.0. The van der Waals surface area contributed by atoms with Crippen LogP contribution in [-0.2, 0) is 14.8 Å². The lowest BCUT2D eigenvalue weighted by Gasteiger charge is -2.42. The van der Waals surface area contributed by atoms with E-state index < -0.39 is 10.0 Å². The Labute approximate surface area is 200 Å². The van der Waals surface area contributed by atoms with Gasteiger partial charge in [0.2, 0.25) is 15.9 Å². The van der Waals surface area contributed by atoms with Gasteiger partial charge < -0.3 is 5.32 Å². The Morgan fingerprint density at radius 2 is 1.88 bits per heavy atom. The van der Waals surface area contributed by atoms with Crippen molar-refractivity contribution in [2.75, 3.05) is 31.2 Å². The van der Waals surface area contributed by atoms with Crippen molar-refractivity contribution in [1.82, 2.24) is 18.8 Å². The second-order valence-corrected chi connectivity index (χ2v) is 11.5. The number of amides is 1. The predicted molar refractivity (Wildman–Crippen MR) is 133 cm³/mol. The molecule has 2 aromatic heterocycles. The molecule has 0 unspecified atom stereocenters. The molecule has 1 aromatic carbocycles. The Bertz CT molecular complexity index is 1310. The number of pyridine rings is 1. The van der Waals surface area contributed by atoms with Crippen molar-refractivity contribution in [3.8, 4) is 11.1 Å². The number of rotatable bonds is 6. The lowest BCUT2D eigenvalue weighted by atomic mass is 9.99. The first-order chi connectivity index (χ1) is 16.2. The molecule has 34 heavy (non-hydrogen) atoms. The zero-order valence-corrected chi connectivity index (χ0v) is 20.6. The van der Waals surface area contributed by atoms with E-state index in [2.05, 4.69) is 59.5 Å². The maximum absolute atomic E-state index is 12.1. The van der Waals surface area contributed by atoms with Crippen LogP contribution in [0.3, 0.4) is 0 Å². The van der Waals surface area contributed by atoms with Crippen LogP contribution in [0, 0.1) is 5.92 Å². The third-order valence-corrected chi connectivity index (χ3v) is 8.28. The molecule has 1 amide bonds. The summed E-state index contributed by atoms with van der Waals surface area (Å²) in [6.45, 7) is 6.01. The van der Waals surface area contributed by atoms with Crippen molar-refractivity contribution in [3.63, 3.8) is 0 Å². The minimum absolute atomic E-state index is 0.0508. The number of nitrogens with one attached hydrogen (secondary N) is 1. The molecule has 0 radical (unpaired) electrons. The van der Waals surface area contributed by atoms with Crippen LogP contribution < -0.4 is 5.32 Å². The Hall–Kier alpha value is -2.75. The Morgan fingerprint density at radius 3 is 2.53 bits per heavy atom. The third-order valence-electron chi connectivity index (χ3n) is 7.01. The molecule has 1 aliphatic heterocycles. The molecule has 3 aromatic rings. The van der Waals surface area contributed by atoms with Gasteiger partial charge in [0.05, 0.1) is 11.8 Å². The number of anilines is 1. The number of hydrogen-bond donors (Lipinski definition) is 1. The van der Waals surface area contributed by atoms with Gasteiger partial charge >= 0.3 is 0 Å². The highest BCUT2D eigenvalue weighted by atomic mass is 32.2. The zero-order chi connectivity index (χ0) is 24.0. The molecule has 0 bridgehead atoms. The lowest BCUT2D eigenvalue weighted by molar-refractivity contribution is -0.117. The number of piperazine rings is 1. The summed E-state index contributed by atoms with van der Waals surface area (Å²) in [6.07, 6.45) is 5.09. The number of fused-ring (bicyclic) bond motifs is 1. The highest BCUT2D eigenvalue weighted by Gasteiger charge is 2.32. The molecule has 0 spiro atoms. The van der Waals surface area contributed by atoms with Crippen LogP contribution in [0.25, 0.3) is 16.6 Å². The summed E-state index contributed by atoms with van der Waals surface area (Å²) >= 11 is 0. The fourth-order valence-corrected chi connectivity index (χ4v) is 5.74. The average molecular weight is 482 g/mol. The molecule has 180 valence electrons. The summed E-state index contributed by atoms with van der Waals surface area (Å²) in [5.41, 5.74) is 4.27. The summed E-state index contributed by atoms with van der Waals surface area (Å²) < 4.78 is 27.2. The molecule has 8 nitrogen and oxygen atoms in total. The second kappa shape index (κ2) is 8.79. The summed E-state index contributed by atoms with van der Waals surface area (Å²) in [5.74, 6) is 0.766. The molecular formula is C25H31N5O3S.